The summed E-state index contributed by atoms with van der Waals surface area (Å²) in [5, 5.41) is 0. The van der Waals surface area contributed by atoms with Crippen LogP contribution in [0, 0.1) is 0 Å². The lowest BCUT2D eigenvalue weighted by atomic mass is 10.6. The van der Waals surface area contributed by atoms with E-state index in [4.69, 9.17) is 34.6 Å². The molecule has 0 rings (SSSR count). The monoisotopic (exact) mass is 169 g/mol. The van der Waals surface area contributed by atoms with E-state index >= 15 is 0 Å². The fourth-order valence-electron chi connectivity index (χ4n) is 0.118. The molecule has 0 atom stereocenters. The SMILES string of the molecule is CCC(=S)[S-](=S)=S. The van der Waals surface area contributed by atoms with E-state index in [1.54, 1.807) is 0 Å². The Balaban J connectivity index is 3.83. The Hall–Kier alpha value is 0.880. The Bertz CT molecular complexity index is 124. The van der Waals surface area contributed by atoms with E-state index in [0.29, 0.717) is 0 Å². The molecule has 0 amide bonds. The molecule has 0 bridgehead atoms. The highest BCUT2D eigenvalue weighted by Gasteiger charge is 1.70. The molecule has 0 radical (unpaired) electrons. The van der Waals surface area contributed by atoms with Crippen LogP contribution < -0.4 is 0 Å². The number of hydrogen-bond donors (Lipinski definition) is 0. The number of thiocarbonyl (C=S) groups is 1. The van der Waals surface area contributed by atoms with Gasteiger partial charge < -0.3 is 8.01 Å². The highest BCUT2D eigenvalue weighted by atomic mass is 33.1. The van der Waals surface area contributed by atoms with Gasteiger partial charge >= 0.3 is 0 Å². The van der Waals surface area contributed by atoms with Gasteiger partial charge in [-0.1, -0.05) is 11.1 Å². The minimum atomic E-state index is -0.462. The Morgan fingerprint density at radius 1 is 1.57 bits per heavy atom. The van der Waals surface area contributed by atoms with Gasteiger partial charge in [0, 0.05) is 0 Å². The standard InChI is InChI=1S/C3H5S4/c1-2-3(4)7(5)6/h2H2,1H3/q-1. The smallest absolute Gasteiger partial charge is 0.0438 e. The summed E-state index contributed by atoms with van der Waals surface area (Å²) in [7, 11) is -0.462. The lowest BCUT2D eigenvalue weighted by Gasteiger charge is -1.98. The van der Waals surface area contributed by atoms with Crippen molar-refractivity contribution in [3.05, 3.63) is 0 Å². The molecule has 0 saturated heterocycles. The molecule has 0 nitrogen and oxygen atoms in total. The van der Waals surface area contributed by atoms with Gasteiger partial charge in [-0.2, -0.15) is 0 Å². The molecule has 42 valence electrons. The second kappa shape index (κ2) is 3.83. The van der Waals surface area contributed by atoms with Gasteiger partial charge in [0.2, 0.25) is 0 Å². The fourth-order valence-corrected chi connectivity index (χ4v) is 1.06. The Morgan fingerprint density at radius 3 is 2.00 bits per heavy atom. The Morgan fingerprint density at radius 2 is 2.00 bits per heavy atom. The molecular weight excluding hydrogens is 164 g/mol. The summed E-state index contributed by atoms with van der Waals surface area (Å²) in [5.74, 6) is 0. The van der Waals surface area contributed by atoms with Crippen LogP contribution in [0.4, 0.5) is 0 Å². The largest absolute Gasteiger partial charge is 0.313 e. The molecule has 0 spiro atoms. The molecule has 0 aliphatic heterocycles. The first-order chi connectivity index (χ1) is 3.18. The van der Waals surface area contributed by atoms with Crippen LogP contribution in [-0.2, 0) is 30.4 Å². The maximum absolute atomic E-state index is 4.78. The van der Waals surface area contributed by atoms with Crippen LogP contribution in [0.25, 0.3) is 0 Å². The van der Waals surface area contributed by atoms with E-state index in [1.807, 2.05) is 6.92 Å². The van der Waals surface area contributed by atoms with E-state index in [-0.39, 0.29) is 0 Å². The summed E-state index contributed by atoms with van der Waals surface area (Å²) in [4.78, 5) is 0. The van der Waals surface area contributed by atoms with Gasteiger partial charge in [0.1, 0.15) is 0 Å². The van der Waals surface area contributed by atoms with Gasteiger partial charge in [-0.05, 0) is 6.42 Å². The summed E-state index contributed by atoms with van der Waals surface area (Å²) in [6, 6.07) is 0. The maximum atomic E-state index is 4.78. The average Bonchev–Trinajstić information content (AvgIpc) is 1.65. The van der Waals surface area contributed by atoms with E-state index in [9.17, 15) is 0 Å². The average molecular weight is 169 g/mol. The summed E-state index contributed by atoms with van der Waals surface area (Å²) in [6.07, 6.45) is 0.853. The van der Waals surface area contributed by atoms with Crippen molar-refractivity contribution in [3.8, 4) is 0 Å². The topological polar surface area (TPSA) is 0 Å². The van der Waals surface area contributed by atoms with Crippen LogP contribution >= 0.6 is 12.2 Å². The van der Waals surface area contributed by atoms with Crippen LogP contribution in [-0.4, -0.2) is 4.20 Å². The first-order valence-electron chi connectivity index (χ1n) is 1.80. The normalized spacial score (nSPS) is 9.43. The van der Waals surface area contributed by atoms with Crippen molar-refractivity contribution in [2.24, 2.45) is 0 Å². The second-order valence-electron chi connectivity index (χ2n) is 0.960. The van der Waals surface area contributed by atoms with Crippen molar-refractivity contribution in [2.45, 2.75) is 13.3 Å². The molecule has 0 aromatic carbocycles. The zero-order chi connectivity index (χ0) is 5.86. The molecule has 0 aliphatic carbocycles. The highest BCUT2D eigenvalue weighted by Crippen LogP contribution is 1.84. The van der Waals surface area contributed by atoms with Crippen molar-refractivity contribution in [1.29, 1.82) is 0 Å². The van der Waals surface area contributed by atoms with Crippen molar-refractivity contribution in [3.63, 3.8) is 0 Å². The summed E-state index contributed by atoms with van der Waals surface area (Å²) in [6.45, 7) is 1.97. The van der Waals surface area contributed by atoms with Crippen LogP contribution in [0.15, 0.2) is 0 Å². The third-order valence-electron chi connectivity index (χ3n) is 0.475. The van der Waals surface area contributed by atoms with Crippen molar-refractivity contribution >= 4 is 46.8 Å². The minimum absolute atomic E-state index is 0.462. The lowest BCUT2D eigenvalue weighted by molar-refractivity contribution is 1.35. The Kier molecular flexibility index (Phi) is 4.31. The molecule has 7 heavy (non-hydrogen) atoms. The lowest BCUT2D eigenvalue weighted by Crippen LogP contribution is -1.88. The molecule has 0 aromatic heterocycles. The second-order valence-corrected chi connectivity index (χ2v) is 5.31. The molecule has 0 unspecified atom stereocenters. The highest BCUT2D eigenvalue weighted by molar-refractivity contribution is 8.56. The third kappa shape index (κ3) is 3.46. The third-order valence-corrected chi connectivity index (χ3v) is 3.76. The predicted octanol–water partition coefficient (Wildman–Crippen LogP) is 1.27. The van der Waals surface area contributed by atoms with E-state index in [2.05, 4.69) is 0 Å². The zero-order valence-corrected chi connectivity index (χ0v) is 7.11. The maximum Gasteiger partial charge on any atom is -0.0438 e. The molecule has 0 heterocycles. The minimum Gasteiger partial charge on any atom is -0.313 e. The first-order valence-corrected chi connectivity index (χ1v) is 5.29. The summed E-state index contributed by atoms with van der Waals surface area (Å²) < 4.78 is 0.838. The van der Waals surface area contributed by atoms with Crippen molar-refractivity contribution in [1.82, 2.24) is 0 Å². The van der Waals surface area contributed by atoms with Gasteiger partial charge in [-0.3, -0.25) is 22.4 Å². The van der Waals surface area contributed by atoms with Crippen LogP contribution in [0.5, 0.6) is 0 Å². The molecule has 0 fully saturated rings. The molecule has 0 N–H and O–H groups in total. The summed E-state index contributed by atoms with van der Waals surface area (Å²) in [5.41, 5.74) is 0. The van der Waals surface area contributed by atoms with Crippen molar-refractivity contribution < 1.29 is 0 Å². The number of rotatable bonds is 1. The number of hydrogen-bond acceptors (Lipinski definition) is 4. The van der Waals surface area contributed by atoms with E-state index in [0.717, 1.165) is 10.6 Å². The van der Waals surface area contributed by atoms with E-state index in [1.165, 1.54) is 0 Å². The molecule has 0 saturated carbocycles. The molecular formula is C3H5S4-. The quantitative estimate of drug-likeness (QED) is 0.428. The zero-order valence-electron chi connectivity index (χ0n) is 3.84. The molecule has 4 heteroatoms. The van der Waals surface area contributed by atoms with Gasteiger partial charge in [-0.25, -0.2) is 0 Å². The van der Waals surface area contributed by atoms with E-state index < -0.39 is 8.01 Å². The summed E-state index contributed by atoms with van der Waals surface area (Å²) >= 11 is 14.2. The van der Waals surface area contributed by atoms with Crippen molar-refractivity contribution in [2.75, 3.05) is 0 Å². The predicted molar refractivity (Wildman–Crippen MR) is 45.0 cm³/mol. The van der Waals surface area contributed by atoms with Crippen LogP contribution in [0.2, 0.25) is 0 Å². The molecule has 0 aromatic rings. The van der Waals surface area contributed by atoms with Gasteiger partial charge in [-0.15, -0.1) is 12.2 Å². The fraction of sp³-hybridized carbons (Fsp3) is 0.667. The van der Waals surface area contributed by atoms with Crippen LogP contribution in [0.3, 0.4) is 0 Å². The molecule has 0 aliphatic rings. The van der Waals surface area contributed by atoms with Gasteiger partial charge in [0.15, 0.2) is 0 Å². The van der Waals surface area contributed by atoms with Gasteiger partial charge in [0.05, 0.1) is 0 Å². The first kappa shape index (κ1) is 7.88. The van der Waals surface area contributed by atoms with Crippen LogP contribution in [0.1, 0.15) is 13.3 Å². The Labute approximate surface area is 60.1 Å². The van der Waals surface area contributed by atoms with Gasteiger partial charge in [0.25, 0.3) is 0 Å².